The number of nitriles is 1. The summed E-state index contributed by atoms with van der Waals surface area (Å²) < 4.78 is 10.9. The van der Waals surface area contributed by atoms with Gasteiger partial charge in [0.25, 0.3) is 0 Å². The van der Waals surface area contributed by atoms with Crippen LogP contribution in [0.2, 0.25) is 0 Å². The maximum atomic E-state index is 9.90. The van der Waals surface area contributed by atoms with Crippen molar-refractivity contribution in [2.45, 2.75) is 18.9 Å². The number of aliphatic hydroxyl groups excluding tert-OH is 1. The SMILES string of the molecule is N#Cc1ccccc1OCC(O)CNCC1CCCOC1. The highest BCUT2D eigenvalue weighted by molar-refractivity contribution is 5.42. The van der Waals surface area contributed by atoms with Crippen LogP contribution in [0.1, 0.15) is 18.4 Å². The molecule has 1 aliphatic rings. The molecule has 1 heterocycles. The van der Waals surface area contributed by atoms with E-state index < -0.39 is 6.10 Å². The number of nitrogens with zero attached hydrogens (tertiary/aromatic N) is 1. The normalized spacial score (nSPS) is 19.7. The molecule has 1 fully saturated rings. The van der Waals surface area contributed by atoms with Crippen LogP contribution in [0.25, 0.3) is 0 Å². The minimum absolute atomic E-state index is 0.173. The quantitative estimate of drug-likeness (QED) is 0.792. The Balaban J connectivity index is 1.65. The Morgan fingerprint density at radius 1 is 1.48 bits per heavy atom. The molecule has 0 saturated carbocycles. The van der Waals surface area contributed by atoms with E-state index in [9.17, 15) is 5.11 Å². The number of benzene rings is 1. The van der Waals surface area contributed by atoms with Crippen LogP contribution in [0.4, 0.5) is 0 Å². The number of para-hydroxylation sites is 1. The van der Waals surface area contributed by atoms with E-state index in [0.717, 1.165) is 26.2 Å². The van der Waals surface area contributed by atoms with E-state index in [1.807, 2.05) is 6.07 Å². The van der Waals surface area contributed by atoms with Gasteiger partial charge in [-0.15, -0.1) is 0 Å². The zero-order valence-electron chi connectivity index (χ0n) is 12.1. The fraction of sp³-hybridized carbons (Fsp3) is 0.562. The second-order valence-electron chi connectivity index (χ2n) is 5.31. The molecule has 2 N–H and O–H groups in total. The lowest BCUT2D eigenvalue weighted by Gasteiger charge is -2.23. The molecule has 0 aliphatic carbocycles. The van der Waals surface area contributed by atoms with Crippen molar-refractivity contribution in [1.82, 2.24) is 5.32 Å². The zero-order chi connectivity index (χ0) is 14.9. The number of ether oxygens (including phenoxy) is 2. The van der Waals surface area contributed by atoms with Crippen molar-refractivity contribution in [1.29, 1.82) is 5.26 Å². The summed E-state index contributed by atoms with van der Waals surface area (Å²) in [6.45, 7) is 3.17. The Bertz CT molecular complexity index is 467. The Kier molecular flexibility index (Phi) is 6.48. The smallest absolute Gasteiger partial charge is 0.137 e. The van der Waals surface area contributed by atoms with Crippen LogP contribution in [0.5, 0.6) is 5.75 Å². The third kappa shape index (κ3) is 5.35. The second-order valence-corrected chi connectivity index (χ2v) is 5.31. The standard InChI is InChI=1S/C16H22N2O3/c17-8-14-5-1-2-6-16(14)21-12-15(19)10-18-9-13-4-3-7-20-11-13/h1-2,5-6,13,15,18-19H,3-4,7,9-12H2. The van der Waals surface area contributed by atoms with Gasteiger partial charge < -0.3 is 19.9 Å². The molecule has 0 amide bonds. The molecule has 1 saturated heterocycles. The molecule has 114 valence electrons. The second kappa shape index (κ2) is 8.63. The van der Waals surface area contributed by atoms with Crippen molar-refractivity contribution in [3.05, 3.63) is 29.8 Å². The molecule has 1 aliphatic heterocycles. The lowest BCUT2D eigenvalue weighted by atomic mass is 10.0. The summed E-state index contributed by atoms with van der Waals surface area (Å²) in [5.41, 5.74) is 0.483. The van der Waals surface area contributed by atoms with Gasteiger partial charge in [-0.2, -0.15) is 5.26 Å². The minimum Gasteiger partial charge on any atom is -0.489 e. The van der Waals surface area contributed by atoms with Crippen molar-refractivity contribution in [3.63, 3.8) is 0 Å². The maximum Gasteiger partial charge on any atom is 0.137 e. The van der Waals surface area contributed by atoms with E-state index in [1.165, 1.54) is 6.42 Å². The average Bonchev–Trinajstić information content (AvgIpc) is 2.54. The summed E-state index contributed by atoms with van der Waals surface area (Å²) in [5, 5.41) is 22.1. The minimum atomic E-state index is -0.596. The van der Waals surface area contributed by atoms with E-state index >= 15 is 0 Å². The number of hydrogen-bond acceptors (Lipinski definition) is 5. The first kappa shape index (κ1) is 15.8. The van der Waals surface area contributed by atoms with Gasteiger partial charge in [-0.3, -0.25) is 0 Å². The number of hydrogen-bond donors (Lipinski definition) is 2. The Morgan fingerprint density at radius 3 is 3.10 bits per heavy atom. The van der Waals surface area contributed by atoms with Crippen LogP contribution in [0.3, 0.4) is 0 Å². The van der Waals surface area contributed by atoms with Gasteiger partial charge in [0.2, 0.25) is 0 Å². The molecular formula is C16H22N2O3. The van der Waals surface area contributed by atoms with Crippen LogP contribution in [0.15, 0.2) is 24.3 Å². The van der Waals surface area contributed by atoms with Crippen molar-refractivity contribution in [2.75, 3.05) is 32.9 Å². The fourth-order valence-electron chi connectivity index (χ4n) is 2.35. The predicted octanol–water partition coefficient (Wildman–Crippen LogP) is 1.31. The van der Waals surface area contributed by atoms with Crippen LogP contribution in [0, 0.1) is 17.2 Å². The number of nitrogens with one attached hydrogen (secondary N) is 1. The van der Waals surface area contributed by atoms with Gasteiger partial charge in [0, 0.05) is 19.7 Å². The first-order valence-electron chi connectivity index (χ1n) is 7.38. The maximum absolute atomic E-state index is 9.90. The van der Waals surface area contributed by atoms with Crippen molar-refractivity contribution in [3.8, 4) is 11.8 Å². The largest absolute Gasteiger partial charge is 0.489 e. The van der Waals surface area contributed by atoms with Gasteiger partial charge >= 0.3 is 0 Å². The third-order valence-corrected chi connectivity index (χ3v) is 3.51. The molecule has 2 rings (SSSR count). The molecule has 21 heavy (non-hydrogen) atoms. The van der Waals surface area contributed by atoms with E-state index in [4.69, 9.17) is 14.7 Å². The monoisotopic (exact) mass is 290 g/mol. The van der Waals surface area contributed by atoms with Crippen LogP contribution in [-0.4, -0.2) is 44.1 Å². The van der Waals surface area contributed by atoms with Gasteiger partial charge in [-0.25, -0.2) is 0 Å². The molecule has 1 aromatic carbocycles. The Hall–Kier alpha value is -1.61. The highest BCUT2D eigenvalue weighted by atomic mass is 16.5. The topological polar surface area (TPSA) is 74.5 Å². The van der Waals surface area contributed by atoms with Gasteiger partial charge in [-0.1, -0.05) is 12.1 Å². The molecule has 0 aromatic heterocycles. The van der Waals surface area contributed by atoms with E-state index in [1.54, 1.807) is 18.2 Å². The molecular weight excluding hydrogens is 268 g/mol. The van der Waals surface area contributed by atoms with Gasteiger partial charge in [0.1, 0.15) is 24.5 Å². The van der Waals surface area contributed by atoms with Crippen LogP contribution in [-0.2, 0) is 4.74 Å². The van der Waals surface area contributed by atoms with Gasteiger partial charge in [0.05, 0.1) is 12.2 Å². The number of rotatable bonds is 7. The third-order valence-electron chi connectivity index (χ3n) is 3.51. The molecule has 1 aromatic rings. The van der Waals surface area contributed by atoms with Gasteiger partial charge in [-0.05, 0) is 30.9 Å². The summed E-state index contributed by atoms with van der Waals surface area (Å²) >= 11 is 0. The summed E-state index contributed by atoms with van der Waals surface area (Å²) in [6.07, 6.45) is 1.69. The molecule has 5 nitrogen and oxygen atoms in total. The Labute approximate surface area is 125 Å². The molecule has 0 spiro atoms. The molecule has 0 radical (unpaired) electrons. The molecule has 5 heteroatoms. The van der Waals surface area contributed by atoms with Crippen LogP contribution < -0.4 is 10.1 Å². The van der Waals surface area contributed by atoms with Crippen LogP contribution >= 0.6 is 0 Å². The first-order chi connectivity index (χ1) is 10.3. The van der Waals surface area contributed by atoms with E-state index in [-0.39, 0.29) is 6.61 Å². The first-order valence-corrected chi connectivity index (χ1v) is 7.38. The highest BCUT2D eigenvalue weighted by Crippen LogP contribution is 2.16. The summed E-state index contributed by atoms with van der Waals surface area (Å²) in [5.74, 6) is 1.05. The molecule has 2 unspecified atom stereocenters. The van der Waals surface area contributed by atoms with E-state index in [0.29, 0.717) is 23.8 Å². The fourth-order valence-corrected chi connectivity index (χ4v) is 2.35. The van der Waals surface area contributed by atoms with Crippen molar-refractivity contribution < 1.29 is 14.6 Å². The highest BCUT2D eigenvalue weighted by Gasteiger charge is 2.14. The lowest BCUT2D eigenvalue weighted by molar-refractivity contribution is 0.0515. The van der Waals surface area contributed by atoms with E-state index in [2.05, 4.69) is 11.4 Å². The Morgan fingerprint density at radius 2 is 2.33 bits per heavy atom. The van der Waals surface area contributed by atoms with Crippen molar-refractivity contribution >= 4 is 0 Å². The molecule has 0 bridgehead atoms. The summed E-state index contributed by atoms with van der Waals surface area (Å²) in [7, 11) is 0. The van der Waals surface area contributed by atoms with Gasteiger partial charge in [0.15, 0.2) is 0 Å². The molecule has 2 atom stereocenters. The average molecular weight is 290 g/mol. The lowest BCUT2D eigenvalue weighted by Crippen LogP contribution is -2.36. The van der Waals surface area contributed by atoms with Crippen molar-refractivity contribution in [2.24, 2.45) is 5.92 Å². The number of aliphatic hydroxyl groups is 1. The zero-order valence-corrected chi connectivity index (χ0v) is 12.1. The summed E-state index contributed by atoms with van der Waals surface area (Å²) in [6, 6.07) is 9.10. The summed E-state index contributed by atoms with van der Waals surface area (Å²) in [4.78, 5) is 0. The predicted molar refractivity (Wildman–Crippen MR) is 79.1 cm³/mol.